The van der Waals surface area contributed by atoms with Crippen molar-refractivity contribution in [1.29, 1.82) is 0 Å². The summed E-state index contributed by atoms with van der Waals surface area (Å²) >= 11 is 0. The van der Waals surface area contributed by atoms with E-state index in [2.05, 4.69) is 24.1 Å². The molecule has 1 aromatic rings. The predicted octanol–water partition coefficient (Wildman–Crippen LogP) is 4.47. The van der Waals surface area contributed by atoms with E-state index < -0.39 is 5.60 Å². The second-order valence-electron chi connectivity index (χ2n) is 7.75. The van der Waals surface area contributed by atoms with E-state index in [9.17, 15) is 4.79 Å². The number of nitrogens with one attached hydrogen (secondary N) is 1. The molecule has 1 amide bonds. The molecule has 0 saturated carbocycles. The van der Waals surface area contributed by atoms with E-state index in [1.54, 1.807) is 7.11 Å². The summed E-state index contributed by atoms with van der Waals surface area (Å²) in [5, 5.41) is 2.96. The minimum Gasteiger partial charge on any atom is -0.492 e. The van der Waals surface area contributed by atoms with Crippen LogP contribution in [0.1, 0.15) is 59.3 Å². The SMILES string of the molecule is CCCC[C@@](C)(OC)C(=O)Nc1ccc(OCCN2CCCC[C@@H]2C)cc1. The Morgan fingerprint density at radius 1 is 1.30 bits per heavy atom. The van der Waals surface area contributed by atoms with Crippen LogP contribution >= 0.6 is 0 Å². The molecule has 2 atom stereocenters. The summed E-state index contributed by atoms with van der Waals surface area (Å²) in [6.07, 6.45) is 6.62. The average Bonchev–Trinajstić information content (AvgIpc) is 2.69. The minimum absolute atomic E-state index is 0.105. The van der Waals surface area contributed by atoms with Gasteiger partial charge in [-0.3, -0.25) is 9.69 Å². The van der Waals surface area contributed by atoms with Crippen LogP contribution in [0.4, 0.5) is 5.69 Å². The molecule has 5 heteroatoms. The molecule has 0 radical (unpaired) electrons. The van der Waals surface area contributed by atoms with Crippen LogP contribution < -0.4 is 10.1 Å². The molecule has 0 unspecified atom stereocenters. The molecule has 1 aliphatic rings. The highest BCUT2D eigenvalue weighted by molar-refractivity contribution is 5.97. The van der Waals surface area contributed by atoms with Gasteiger partial charge in [-0.15, -0.1) is 0 Å². The van der Waals surface area contributed by atoms with Gasteiger partial charge in [0.1, 0.15) is 18.0 Å². The summed E-state index contributed by atoms with van der Waals surface area (Å²) in [6, 6.07) is 8.23. The third-order valence-corrected chi connectivity index (χ3v) is 5.64. The Hall–Kier alpha value is -1.59. The van der Waals surface area contributed by atoms with Gasteiger partial charge in [-0.1, -0.05) is 26.2 Å². The smallest absolute Gasteiger partial charge is 0.256 e. The fourth-order valence-corrected chi connectivity index (χ4v) is 3.49. The number of hydrogen-bond donors (Lipinski definition) is 1. The number of amides is 1. The van der Waals surface area contributed by atoms with E-state index in [-0.39, 0.29) is 5.91 Å². The van der Waals surface area contributed by atoms with E-state index in [0.717, 1.165) is 30.8 Å². The molecular formula is C22H36N2O3. The number of piperidine rings is 1. The van der Waals surface area contributed by atoms with Crippen LogP contribution in [-0.4, -0.2) is 49.3 Å². The lowest BCUT2D eigenvalue weighted by Crippen LogP contribution is -2.41. The van der Waals surface area contributed by atoms with Gasteiger partial charge in [0.25, 0.3) is 5.91 Å². The Morgan fingerprint density at radius 3 is 2.67 bits per heavy atom. The summed E-state index contributed by atoms with van der Waals surface area (Å²) < 4.78 is 11.4. The Labute approximate surface area is 164 Å². The van der Waals surface area contributed by atoms with Gasteiger partial charge in [-0.2, -0.15) is 0 Å². The monoisotopic (exact) mass is 376 g/mol. The molecule has 27 heavy (non-hydrogen) atoms. The van der Waals surface area contributed by atoms with Crippen molar-refractivity contribution in [2.45, 2.75) is 70.9 Å². The molecule has 152 valence electrons. The first-order valence-corrected chi connectivity index (χ1v) is 10.3. The molecule has 1 aliphatic heterocycles. The standard InChI is InChI=1S/C22H36N2O3/c1-5-6-14-22(3,26-4)21(25)23-19-10-12-20(13-11-19)27-17-16-24-15-8-7-9-18(24)2/h10-13,18H,5-9,14-17H2,1-4H3,(H,23,25)/t18-,22+/m0/s1. The lowest BCUT2D eigenvalue weighted by molar-refractivity contribution is -0.136. The largest absolute Gasteiger partial charge is 0.492 e. The second-order valence-corrected chi connectivity index (χ2v) is 7.75. The third kappa shape index (κ3) is 6.51. The zero-order valence-corrected chi connectivity index (χ0v) is 17.4. The summed E-state index contributed by atoms with van der Waals surface area (Å²) in [5.41, 5.74) is -0.0344. The molecule has 0 spiro atoms. The molecule has 2 rings (SSSR count). The number of methoxy groups -OCH3 is 1. The number of unbranched alkanes of at least 4 members (excludes halogenated alkanes) is 1. The van der Waals surface area contributed by atoms with Crippen LogP contribution in [0.2, 0.25) is 0 Å². The molecule has 0 bridgehead atoms. The zero-order valence-electron chi connectivity index (χ0n) is 17.4. The maximum Gasteiger partial charge on any atom is 0.256 e. The van der Waals surface area contributed by atoms with Gasteiger partial charge in [0.2, 0.25) is 0 Å². The van der Waals surface area contributed by atoms with E-state index in [1.807, 2.05) is 31.2 Å². The Morgan fingerprint density at radius 2 is 2.04 bits per heavy atom. The van der Waals surface area contributed by atoms with Crippen molar-refractivity contribution < 1.29 is 14.3 Å². The number of carbonyl (C=O) groups is 1. The number of benzene rings is 1. The van der Waals surface area contributed by atoms with Gasteiger partial charge in [-0.05, 0) is 63.9 Å². The molecule has 1 aromatic carbocycles. The van der Waals surface area contributed by atoms with Crippen molar-refractivity contribution >= 4 is 11.6 Å². The van der Waals surface area contributed by atoms with Gasteiger partial charge in [-0.25, -0.2) is 0 Å². The van der Waals surface area contributed by atoms with Crippen LogP contribution in [0.3, 0.4) is 0 Å². The van der Waals surface area contributed by atoms with Crippen LogP contribution in [0.15, 0.2) is 24.3 Å². The molecule has 1 heterocycles. The normalized spacial score (nSPS) is 20.1. The summed E-state index contributed by atoms with van der Waals surface area (Å²) in [7, 11) is 1.59. The predicted molar refractivity (Wildman–Crippen MR) is 110 cm³/mol. The zero-order chi connectivity index (χ0) is 19.7. The Balaban J connectivity index is 1.81. The van der Waals surface area contributed by atoms with Crippen molar-refractivity contribution in [2.75, 3.05) is 32.1 Å². The van der Waals surface area contributed by atoms with Gasteiger partial charge in [0.15, 0.2) is 0 Å². The number of carbonyl (C=O) groups excluding carboxylic acids is 1. The first-order valence-electron chi connectivity index (χ1n) is 10.3. The highest BCUT2D eigenvalue weighted by atomic mass is 16.5. The van der Waals surface area contributed by atoms with Crippen LogP contribution in [0.5, 0.6) is 5.75 Å². The number of anilines is 1. The van der Waals surface area contributed by atoms with E-state index >= 15 is 0 Å². The number of rotatable bonds is 10. The van der Waals surface area contributed by atoms with Crippen molar-refractivity contribution in [3.05, 3.63) is 24.3 Å². The van der Waals surface area contributed by atoms with Gasteiger partial charge >= 0.3 is 0 Å². The first kappa shape index (κ1) is 21.7. The van der Waals surface area contributed by atoms with Crippen LogP contribution in [-0.2, 0) is 9.53 Å². The molecule has 5 nitrogen and oxygen atoms in total. The molecule has 0 aromatic heterocycles. The van der Waals surface area contributed by atoms with E-state index in [1.165, 1.54) is 25.8 Å². The molecule has 1 saturated heterocycles. The molecule has 0 aliphatic carbocycles. The quantitative estimate of drug-likeness (QED) is 0.654. The van der Waals surface area contributed by atoms with Crippen molar-refractivity contribution in [2.24, 2.45) is 0 Å². The topological polar surface area (TPSA) is 50.8 Å². The molecular weight excluding hydrogens is 340 g/mol. The lowest BCUT2D eigenvalue weighted by Gasteiger charge is -2.33. The minimum atomic E-state index is -0.795. The van der Waals surface area contributed by atoms with Gasteiger partial charge in [0, 0.05) is 25.4 Å². The van der Waals surface area contributed by atoms with Crippen LogP contribution in [0.25, 0.3) is 0 Å². The third-order valence-electron chi connectivity index (χ3n) is 5.64. The number of likely N-dealkylation sites (tertiary alicyclic amines) is 1. The van der Waals surface area contributed by atoms with Crippen molar-refractivity contribution in [3.63, 3.8) is 0 Å². The summed E-state index contributed by atoms with van der Waals surface area (Å²) in [4.78, 5) is 15.1. The fraction of sp³-hybridized carbons (Fsp3) is 0.682. The number of hydrogen-bond acceptors (Lipinski definition) is 4. The summed E-state index contributed by atoms with van der Waals surface area (Å²) in [5.74, 6) is 0.726. The van der Waals surface area contributed by atoms with Crippen LogP contribution in [0, 0.1) is 0 Å². The lowest BCUT2D eigenvalue weighted by atomic mass is 9.97. The Kier molecular flexibility index (Phi) is 8.58. The highest BCUT2D eigenvalue weighted by Gasteiger charge is 2.32. The summed E-state index contributed by atoms with van der Waals surface area (Å²) in [6.45, 7) is 9.07. The van der Waals surface area contributed by atoms with Gasteiger partial charge < -0.3 is 14.8 Å². The molecule has 1 fully saturated rings. The Bertz CT molecular complexity index is 575. The molecule has 1 N–H and O–H groups in total. The number of ether oxygens (including phenoxy) is 2. The van der Waals surface area contributed by atoms with Gasteiger partial charge in [0.05, 0.1) is 0 Å². The fourth-order valence-electron chi connectivity index (χ4n) is 3.49. The average molecular weight is 377 g/mol. The van der Waals surface area contributed by atoms with Crippen molar-refractivity contribution in [1.82, 2.24) is 4.90 Å². The van der Waals surface area contributed by atoms with Crippen molar-refractivity contribution in [3.8, 4) is 5.75 Å². The van der Waals surface area contributed by atoms with E-state index in [0.29, 0.717) is 19.1 Å². The first-order chi connectivity index (χ1) is 13.0. The maximum atomic E-state index is 12.6. The van der Waals surface area contributed by atoms with E-state index in [4.69, 9.17) is 9.47 Å². The number of nitrogens with zero attached hydrogens (tertiary/aromatic N) is 1. The highest BCUT2D eigenvalue weighted by Crippen LogP contribution is 2.22. The second kappa shape index (κ2) is 10.7. The maximum absolute atomic E-state index is 12.6.